The SMILES string of the molecule is CCC(C)CC(CC)Nc1ccc(OCCOC)cc1. The summed E-state index contributed by atoms with van der Waals surface area (Å²) in [6.07, 6.45) is 3.61. The van der Waals surface area contributed by atoms with Gasteiger partial charge in [-0.05, 0) is 43.0 Å². The standard InChI is InChI=1S/C17H29NO2/c1-5-14(3)13-15(6-2)18-16-7-9-17(10-8-16)20-12-11-19-4/h7-10,14-15,18H,5-6,11-13H2,1-4H3. The van der Waals surface area contributed by atoms with E-state index in [0.29, 0.717) is 19.3 Å². The Morgan fingerprint density at radius 2 is 1.75 bits per heavy atom. The lowest BCUT2D eigenvalue weighted by Gasteiger charge is -2.21. The molecule has 0 amide bonds. The summed E-state index contributed by atoms with van der Waals surface area (Å²) < 4.78 is 10.5. The fourth-order valence-electron chi connectivity index (χ4n) is 2.11. The monoisotopic (exact) mass is 279 g/mol. The number of hydrogen-bond donors (Lipinski definition) is 1. The van der Waals surface area contributed by atoms with E-state index in [1.54, 1.807) is 7.11 Å². The maximum Gasteiger partial charge on any atom is 0.119 e. The minimum atomic E-state index is 0.546. The third kappa shape index (κ3) is 6.29. The largest absolute Gasteiger partial charge is 0.491 e. The summed E-state index contributed by atoms with van der Waals surface area (Å²) in [5.74, 6) is 1.66. The summed E-state index contributed by atoms with van der Waals surface area (Å²) in [6.45, 7) is 8.02. The average Bonchev–Trinajstić information content (AvgIpc) is 2.48. The summed E-state index contributed by atoms with van der Waals surface area (Å²) in [5.41, 5.74) is 1.17. The van der Waals surface area contributed by atoms with Crippen molar-refractivity contribution in [3.8, 4) is 5.75 Å². The molecule has 0 aromatic heterocycles. The van der Waals surface area contributed by atoms with Crippen molar-refractivity contribution in [1.82, 2.24) is 0 Å². The molecule has 2 atom stereocenters. The molecule has 1 rings (SSSR count). The molecule has 2 unspecified atom stereocenters. The van der Waals surface area contributed by atoms with Gasteiger partial charge in [0.05, 0.1) is 6.61 Å². The number of methoxy groups -OCH3 is 1. The topological polar surface area (TPSA) is 30.5 Å². The van der Waals surface area contributed by atoms with Crippen molar-refractivity contribution in [2.75, 3.05) is 25.6 Å². The van der Waals surface area contributed by atoms with Gasteiger partial charge >= 0.3 is 0 Å². The van der Waals surface area contributed by atoms with Crippen LogP contribution in [0.1, 0.15) is 40.0 Å². The zero-order valence-electron chi connectivity index (χ0n) is 13.3. The summed E-state index contributed by atoms with van der Waals surface area (Å²) >= 11 is 0. The van der Waals surface area contributed by atoms with E-state index in [1.165, 1.54) is 18.5 Å². The molecule has 3 nitrogen and oxygen atoms in total. The number of nitrogens with one attached hydrogen (secondary N) is 1. The van der Waals surface area contributed by atoms with Gasteiger partial charge in [0.15, 0.2) is 0 Å². The van der Waals surface area contributed by atoms with Crippen LogP contribution in [0.15, 0.2) is 24.3 Å². The van der Waals surface area contributed by atoms with Crippen LogP contribution >= 0.6 is 0 Å². The van der Waals surface area contributed by atoms with Crippen LogP contribution in [0.2, 0.25) is 0 Å². The number of ether oxygens (including phenoxy) is 2. The van der Waals surface area contributed by atoms with Crippen molar-refractivity contribution in [1.29, 1.82) is 0 Å². The summed E-state index contributed by atoms with van der Waals surface area (Å²) in [5, 5.41) is 3.61. The lowest BCUT2D eigenvalue weighted by molar-refractivity contribution is 0.146. The van der Waals surface area contributed by atoms with E-state index in [1.807, 2.05) is 12.1 Å². The van der Waals surface area contributed by atoms with Crippen LogP contribution in [0.5, 0.6) is 5.75 Å². The minimum Gasteiger partial charge on any atom is -0.491 e. The van der Waals surface area contributed by atoms with Gasteiger partial charge in [-0.2, -0.15) is 0 Å². The van der Waals surface area contributed by atoms with Gasteiger partial charge in [-0.25, -0.2) is 0 Å². The summed E-state index contributed by atoms with van der Waals surface area (Å²) in [4.78, 5) is 0. The first-order valence-electron chi connectivity index (χ1n) is 7.67. The Hall–Kier alpha value is -1.22. The second kappa shape index (κ2) is 9.65. The fraction of sp³-hybridized carbons (Fsp3) is 0.647. The Labute approximate surface area is 123 Å². The Morgan fingerprint density at radius 1 is 1.05 bits per heavy atom. The second-order valence-corrected chi connectivity index (χ2v) is 5.36. The molecule has 0 aliphatic heterocycles. The van der Waals surface area contributed by atoms with Gasteiger partial charge in [0, 0.05) is 18.8 Å². The zero-order valence-corrected chi connectivity index (χ0v) is 13.3. The molecule has 20 heavy (non-hydrogen) atoms. The summed E-state index contributed by atoms with van der Waals surface area (Å²) in [7, 11) is 1.68. The van der Waals surface area contributed by atoms with Crippen molar-refractivity contribution in [2.24, 2.45) is 5.92 Å². The van der Waals surface area contributed by atoms with E-state index in [9.17, 15) is 0 Å². The molecule has 0 fully saturated rings. The first-order valence-corrected chi connectivity index (χ1v) is 7.67. The smallest absolute Gasteiger partial charge is 0.119 e. The number of hydrogen-bond acceptors (Lipinski definition) is 3. The molecular weight excluding hydrogens is 250 g/mol. The predicted octanol–water partition coefficient (Wildman–Crippen LogP) is 4.34. The van der Waals surface area contributed by atoms with E-state index < -0.39 is 0 Å². The first-order chi connectivity index (χ1) is 9.69. The second-order valence-electron chi connectivity index (χ2n) is 5.36. The van der Waals surface area contributed by atoms with Crippen LogP contribution in [0, 0.1) is 5.92 Å². The van der Waals surface area contributed by atoms with Crippen LogP contribution in [0.3, 0.4) is 0 Å². The molecule has 0 aliphatic carbocycles. The van der Waals surface area contributed by atoms with E-state index in [2.05, 4.69) is 38.2 Å². The third-order valence-electron chi connectivity index (χ3n) is 3.66. The third-order valence-corrected chi connectivity index (χ3v) is 3.66. The van der Waals surface area contributed by atoms with Gasteiger partial charge in [-0.1, -0.05) is 27.2 Å². The molecule has 0 spiro atoms. The highest BCUT2D eigenvalue weighted by molar-refractivity contribution is 5.47. The van der Waals surface area contributed by atoms with Gasteiger partial charge in [-0.3, -0.25) is 0 Å². The quantitative estimate of drug-likeness (QED) is 0.646. The molecule has 0 saturated carbocycles. The Balaban J connectivity index is 2.46. The van der Waals surface area contributed by atoms with Crippen molar-refractivity contribution in [3.05, 3.63) is 24.3 Å². The van der Waals surface area contributed by atoms with Gasteiger partial charge in [-0.15, -0.1) is 0 Å². The predicted molar refractivity (Wildman–Crippen MR) is 85.6 cm³/mol. The molecule has 0 bridgehead atoms. The maximum atomic E-state index is 5.56. The van der Waals surface area contributed by atoms with Gasteiger partial charge in [0.1, 0.15) is 12.4 Å². The highest BCUT2D eigenvalue weighted by atomic mass is 16.5. The fourth-order valence-corrected chi connectivity index (χ4v) is 2.11. The van der Waals surface area contributed by atoms with E-state index in [4.69, 9.17) is 9.47 Å². The van der Waals surface area contributed by atoms with Gasteiger partial charge in [0.2, 0.25) is 0 Å². The molecule has 1 aromatic rings. The van der Waals surface area contributed by atoms with E-state index in [-0.39, 0.29) is 0 Å². The van der Waals surface area contributed by atoms with Gasteiger partial charge in [0.25, 0.3) is 0 Å². The highest BCUT2D eigenvalue weighted by Crippen LogP contribution is 2.20. The van der Waals surface area contributed by atoms with Crippen molar-refractivity contribution >= 4 is 5.69 Å². The number of rotatable bonds is 10. The van der Waals surface area contributed by atoms with Crippen LogP contribution in [0.4, 0.5) is 5.69 Å². The molecule has 0 radical (unpaired) electrons. The van der Waals surface area contributed by atoms with E-state index >= 15 is 0 Å². The number of benzene rings is 1. The van der Waals surface area contributed by atoms with Crippen LogP contribution in [0.25, 0.3) is 0 Å². The van der Waals surface area contributed by atoms with E-state index in [0.717, 1.165) is 18.1 Å². The van der Waals surface area contributed by atoms with Crippen molar-refractivity contribution < 1.29 is 9.47 Å². The normalized spacial score (nSPS) is 13.8. The Kier molecular flexibility index (Phi) is 8.12. The van der Waals surface area contributed by atoms with Crippen molar-refractivity contribution in [3.63, 3.8) is 0 Å². The molecule has 3 heteroatoms. The van der Waals surface area contributed by atoms with Crippen LogP contribution in [-0.4, -0.2) is 26.4 Å². The minimum absolute atomic E-state index is 0.546. The highest BCUT2D eigenvalue weighted by Gasteiger charge is 2.10. The van der Waals surface area contributed by atoms with Crippen molar-refractivity contribution in [2.45, 2.75) is 46.1 Å². The summed E-state index contributed by atoms with van der Waals surface area (Å²) in [6, 6.07) is 8.73. The molecule has 0 aliphatic rings. The molecule has 1 aromatic carbocycles. The lowest BCUT2D eigenvalue weighted by atomic mass is 9.97. The maximum absolute atomic E-state index is 5.56. The number of anilines is 1. The molecule has 0 heterocycles. The molecule has 0 saturated heterocycles. The lowest BCUT2D eigenvalue weighted by Crippen LogP contribution is -2.21. The average molecular weight is 279 g/mol. The molecule has 114 valence electrons. The Morgan fingerprint density at radius 3 is 2.30 bits per heavy atom. The molecular formula is C17H29NO2. The first kappa shape index (κ1) is 16.8. The Bertz CT molecular complexity index is 351. The van der Waals surface area contributed by atoms with Crippen LogP contribution < -0.4 is 10.1 Å². The van der Waals surface area contributed by atoms with Crippen LogP contribution in [-0.2, 0) is 4.74 Å². The zero-order chi connectivity index (χ0) is 14.8. The van der Waals surface area contributed by atoms with Gasteiger partial charge < -0.3 is 14.8 Å². The molecule has 1 N–H and O–H groups in total.